The SMILES string of the molecule is CCC(CSC)N(C)c1ccc(C)cc1CNCCOC. The van der Waals surface area contributed by atoms with Crippen molar-refractivity contribution in [3.05, 3.63) is 29.3 Å². The lowest BCUT2D eigenvalue weighted by Crippen LogP contribution is -2.34. The molecule has 21 heavy (non-hydrogen) atoms. The van der Waals surface area contributed by atoms with Crippen molar-refractivity contribution in [3.8, 4) is 0 Å². The van der Waals surface area contributed by atoms with E-state index in [1.807, 2.05) is 11.8 Å². The third kappa shape index (κ3) is 5.89. The van der Waals surface area contributed by atoms with E-state index in [1.165, 1.54) is 23.2 Å². The van der Waals surface area contributed by atoms with E-state index in [-0.39, 0.29) is 0 Å². The van der Waals surface area contributed by atoms with Gasteiger partial charge in [-0.1, -0.05) is 24.6 Å². The summed E-state index contributed by atoms with van der Waals surface area (Å²) in [6.45, 7) is 6.95. The maximum absolute atomic E-state index is 5.09. The Kier molecular flexibility index (Phi) is 8.81. The first-order valence-electron chi connectivity index (χ1n) is 7.65. The number of nitrogens with zero attached hydrogens (tertiary/aromatic N) is 1. The van der Waals surface area contributed by atoms with Gasteiger partial charge in [0.1, 0.15) is 0 Å². The molecule has 120 valence electrons. The van der Waals surface area contributed by atoms with Crippen molar-refractivity contribution in [3.63, 3.8) is 0 Å². The summed E-state index contributed by atoms with van der Waals surface area (Å²) in [5.41, 5.74) is 4.02. The molecule has 1 rings (SSSR count). The van der Waals surface area contributed by atoms with Gasteiger partial charge in [0.05, 0.1) is 6.61 Å². The first kappa shape index (κ1) is 18.3. The molecule has 0 aliphatic carbocycles. The molecule has 3 nitrogen and oxygen atoms in total. The number of rotatable bonds is 10. The van der Waals surface area contributed by atoms with Crippen LogP contribution in [0.3, 0.4) is 0 Å². The van der Waals surface area contributed by atoms with Crippen LogP contribution in [0.1, 0.15) is 24.5 Å². The zero-order chi connectivity index (χ0) is 15.7. The fraction of sp³-hybridized carbons (Fsp3) is 0.647. The van der Waals surface area contributed by atoms with Gasteiger partial charge in [0.2, 0.25) is 0 Å². The maximum Gasteiger partial charge on any atom is 0.0587 e. The standard InChI is InChI=1S/C17H30N2OS/c1-6-16(13-21-5)19(3)17-8-7-14(2)11-15(17)12-18-9-10-20-4/h7-8,11,16,18H,6,9-10,12-13H2,1-5H3. The van der Waals surface area contributed by atoms with Crippen LogP contribution in [0.2, 0.25) is 0 Å². The third-order valence-corrected chi connectivity index (χ3v) is 4.51. The monoisotopic (exact) mass is 310 g/mol. The minimum atomic E-state index is 0.584. The summed E-state index contributed by atoms with van der Waals surface area (Å²) < 4.78 is 5.09. The zero-order valence-electron chi connectivity index (χ0n) is 14.1. The minimum absolute atomic E-state index is 0.584. The molecule has 1 aromatic carbocycles. The van der Waals surface area contributed by atoms with Gasteiger partial charge in [-0.05, 0) is 31.2 Å². The molecule has 0 fully saturated rings. The molecular formula is C17H30N2OS. The highest BCUT2D eigenvalue weighted by Gasteiger charge is 2.15. The van der Waals surface area contributed by atoms with Crippen LogP contribution in [0, 0.1) is 6.92 Å². The van der Waals surface area contributed by atoms with Gasteiger partial charge >= 0.3 is 0 Å². The van der Waals surface area contributed by atoms with Gasteiger partial charge in [0, 0.05) is 44.7 Å². The van der Waals surface area contributed by atoms with Crippen LogP contribution in [-0.4, -0.2) is 45.4 Å². The molecule has 0 saturated heterocycles. The lowest BCUT2D eigenvalue weighted by molar-refractivity contribution is 0.199. The van der Waals surface area contributed by atoms with Crippen LogP contribution in [0.4, 0.5) is 5.69 Å². The largest absolute Gasteiger partial charge is 0.383 e. The lowest BCUT2D eigenvalue weighted by atomic mass is 10.1. The van der Waals surface area contributed by atoms with Crippen molar-refractivity contribution in [2.45, 2.75) is 32.9 Å². The first-order valence-corrected chi connectivity index (χ1v) is 9.04. The summed E-state index contributed by atoms with van der Waals surface area (Å²) in [5, 5.41) is 3.46. The van der Waals surface area contributed by atoms with Crippen molar-refractivity contribution < 1.29 is 4.74 Å². The number of ether oxygens (including phenoxy) is 1. The number of nitrogens with one attached hydrogen (secondary N) is 1. The normalized spacial score (nSPS) is 12.4. The maximum atomic E-state index is 5.09. The van der Waals surface area contributed by atoms with E-state index >= 15 is 0 Å². The van der Waals surface area contributed by atoms with E-state index in [2.05, 4.69) is 55.6 Å². The summed E-state index contributed by atoms with van der Waals surface area (Å²) in [6.07, 6.45) is 3.35. The average Bonchev–Trinajstić information content (AvgIpc) is 2.48. The molecular weight excluding hydrogens is 280 g/mol. The van der Waals surface area contributed by atoms with E-state index < -0.39 is 0 Å². The van der Waals surface area contributed by atoms with Gasteiger partial charge in [-0.2, -0.15) is 11.8 Å². The van der Waals surface area contributed by atoms with E-state index in [0.717, 1.165) is 25.4 Å². The summed E-state index contributed by atoms with van der Waals surface area (Å²) in [4.78, 5) is 2.43. The second-order valence-corrected chi connectivity index (χ2v) is 6.34. The highest BCUT2D eigenvalue weighted by Crippen LogP contribution is 2.24. The van der Waals surface area contributed by atoms with Gasteiger partial charge in [-0.25, -0.2) is 0 Å². The quantitative estimate of drug-likeness (QED) is 0.670. The summed E-state index contributed by atoms with van der Waals surface area (Å²) in [7, 11) is 3.95. The van der Waals surface area contributed by atoms with Gasteiger partial charge in [0.15, 0.2) is 0 Å². The minimum Gasteiger partial charge on any atom is -0.383 e. The Balaban J connectivity index is 2.83. The molecule has 0 spiro atoms. The number of hydrogen-bond donors (Lipinski definition) is 1. The van der Waals surface area contributed by atoms with Crippen LogP contribution in [0.25, 0.3) is 0 Å². The molecule has 0 heterocycles. The highest BCUT2D eigenvalue weighted by molar-refractivity contribution is 7.98. The number of methoxy groups -OCH3 is 1. The van der Waals surface area contributed by atoms with E-state index in [1.54, 1.807) is 7.11 Å². The fourth-order valence-corrected chi connectivity index (χ4v) is 3.33. The molecule has 0 saturated carbocycles. The molecule has 0 aliphatic heterocycles. The van der Waals surface area contributed by atoms with Crippen LogP contribution in [-0.2, 0) is 11.3 Å². The third-order valence-electron chi connectivity index (χ3n) is 3.79. The van der Waals surface area contributed by atoms with Crippen molar-refractivity contribution in [1.29, 1.82) is 0 Å². The molecule has 1 aromatic rings. The van der Waals surface area contributed by atoms with Crippen molar-refractivity contribution >= 4 is 17.4 Å². The van der Waals surface area contributed by atoms with Gasteiger partial charge in [-0.15, -0.1) is 0 Å². The van der Waals surface area contributed by atoms with Gasteiger partial charge in [0.25, 0.3) is 0 Å². The Hall–Kier alpha value is -0.710. The second kappa shape index (κ2) is 10.1. The molecule has 1 atom stereocenters. The van der Waals surface area contributed by atoms with E-state index in [9.17, 15) is 0 Å². The molecule has 0 aliphatic rings. The first-order chi connectivity index (χ1) is 10.1. The Bertz CT molecular complexity index is 412. The molecule has 4 heteroatoms. The zero-order valence-corrected chi connectivity index (χ0v) is 14.9. The summed E-state index contributed by atoms with van der Waals surface area (Å²) in [6, 6.07) is 7.33. The van der Waals surface area contributed by atoms with Crippen LogP contribution < -0.4 is 10.2 Å². The van der Waals surface area contributed by atoms with E-state index in [0.29, 0.717) is 6.04 Å². The highest BCUT2D eigenvalue weighted by atomic mass is 32.2. The molecule has 1 N–H and O–H groups in total. The molecule has 0 radical (unpaired) electrons. The van der Waals surface area contributed by atoms with Gasteiger partial charge in [-0.3, -0.25) is 0 Å². The summed E-state index contributed by atoms with van der Waals surface area (Å²) >= 11 is 1.92. The molecule has 0 bridgehead atoms. The Labute approximate surface area is 134 Å². The second-order valence-electron chi connectivity index (χ2n) is 5.43. The number of aryl methyl sites for hydroxylation is 1. The van der Waals surface area contributed by atoms with Crippen molar-refractivity contribution in [1.82, 2.24) is 5.32 Å². The molecule has 0 amide bonds. The van der Waals surface area contributed by atoms with Gasteiger partial charge < -0.3 is 15.0 Å². The number of anilines is 1. The van der Waals surface area contributed by atoms with Crippen molar-refractivity contribution in [2.75, 3.05) is 44.2 Å². The van der Waals surface area contributed by atoms with Crippen LogP contribution >= 0.6 is 11.8 Å². The van der Waals surface area contributed by atoms with Crippen molar-refractivity contribution in [2.24, 2.45) is 0 Å². The number of hydrogen-bond acceptors (Lipinski definition) is 4. The average molecular weight is 311 g/mol. The Morgan fingerprint density at radius 3 is 2.76 bits per heavy atom. The Morgan fingerprint density at radius 1 is 1.38 bits per heavy atom. The smallest absolute Gasteiger partial charge is 0.0587 e. The van der Waals surface area contributed by atoms with Crippen LogP contribution in [0.15, 0.2) is 18.2 Å². The molecule has 0 aromatic heterocycles. The van der Waals surface area contributed by atoms with E-state index in [4.69, 9.17) is 4.74 Å². The number of thioether (sulfide) groups is 1. The predicted molar refractivity (Wildman–Crippen MR) is 95.6 cm³/mol. The fourth-order valence-electron chi connectivity index (χ4n) is 2.49. The summed E-state index contributed by atoms with van der Waals surface area (Å²) in [5.74, 6) is 1.16. The topological polar surface area (TPSA) is 24.5 Å². The predicted octanol–water partition coefficient (Wildman–Crippen LogP) is 3.31. The van der Waals surface area contributed by atoms with Crippen LogP contribution in [0.5, 0.6) is 0 Å². The number of benzene rings is 1. The lowest BCUT2D eigenvalue weighted by Gasteiger charge is -2.31. The Morgan fingerprint density at radius 2 is 2.14 bits per heavy atom. The molecule has 1 unspecified atom stereocenters.